The summed E-state index contributed by atoms with van der Waals surface area (Å²) in [5.74, 6) is 0.414. The van der Waals surface area contributed by atoms with Crippen LogP contribution in [0.15, 0.2) is 45.9 Å². The van der Waals surface area contributed by atoms with Gasteiger partial charge in [-0.1, -0.05) is 0 Å². The second kappa shape index (κ2) is 6.10. The Kier molecular flexibility index (Phi) is 4.43. The van der Waals surface area contributed by atoms with Gasteiger partial charge in [0.05, 0.1) is 6.54 Å². The van der Waals surface area contributed by atoms with Crippen molar-refractivity contribution >= 4 is 15.7 Å². The average molecular weight is 318 g/mol. The van der Waals surface area contributed by atoms with Gasteiger partial charge in [0.25, 0.3) is 10.0 Å². The lowest BCUT2D eigenvalue weighted by Gasteiger charge is -2.07. The topological polar surface area (TPSA) is 94.6 Å². The molecule has 0 saturated carbocycles. The van der Waals surface area contributed by atoms with Crippen molar-refractivity contribution < 1.29 is 26.4 Å². The Labute approximate surface area is 119 Å². The van der Waals surface area contributed by atoms with Gasteiger partial charge in [0, 0.05) is 5.69 Å². The van der Waals surface area contributed by atoms with Crippen molar-refractivity contribution in [3.8, 4) is 5.75 Å². The molecule has 21 heavy (non-hydrogen) atoms. The largest absolute Gasteiger partial charge is 0.446 e. The van der Waals surface area contributed by atoms with E-state index in [1.54, 1.807) is 12.1 Å². The van der Waals surface area contributed by atoms with Crippen LogP contribution in [0.2, 0.25) is 0 Å². The molecule has 0 amide bonds. The van der Waals surface area contributed by atoms with Crippen molar-refractivity contribution in [1.82, 2.24) is 0 Å². The molecular weight excluding hydrogens is 306 g/mol. The summed E-state index contributed by atoms with van der Waals surface area (Å²) in [4.78, 5) is 0. The van der Waals surface area contributed by atoms with E-state index in [4.69, 9.17) is 9.56 Å². The molecule has 0 saturated heterocycles. The highest BCUT2D eigenvalue weighted by Gasteiger charge is 2.13. The summed E-state index contributed by atoms with van der Waals surface area (Å²) in [6.45, 7) is -2.66. The van der Waals surface area contributed by atoms with E-state index >= 15 is 0 Å². The third kappa shape index (κ3) is 4.43. The Balaban J connectivity index is 1.95. The smallest absolute Gasteiger partial charge is 0.387 e. The lowest BCUT2D eigenvalue weighted by Crippen LogP contribution is -2.10. The van der Waals surface area contributed by atoms with Gasteiger partial charge < -0.3 is 14.5 Å². The minimum atomic E-state index is -3.86. The summed E-state index contributed by atoms with van der Waals surface area (Å²) < 4.78 is 55.3. The first kappa shape index (κ1) is 15.3. The van der Waals surface area contributed by atoms with Crippen LogP contribution in [-0.2, 0) is 16.6 Å². The number of hydrogen-bond donors (Lipinski definition) is 2. The van der Waals surface area contributed by atoms with Crippen molar-refractivity contribution in [2.24, 2.45) is 5.14 Å². The number of benzene rings is 1. The lowest BCUT2D eigenvalue weighted by molar-refractivity contribution is -0.0498. The zero-order chi connectivity index (χ0) is 15.5. The van der Waals surface area contributed by atoms with Crippen LogP contribution in [0.1, 0.15) is 5.76 Å². The summed E-state index contributed by atoms with van der Waals surface area (Å²) in [6.07, 6.45) is 0. The van der Waals surface area contributed by atoms with Gasteiger partial charge in [-0.3, -0.25) is 0 Å². The molecule has 0 unspecified atom stereocenters. The normalized spacial score (nSPS) is 11.6. The molecule has 0 radical (unpaired) electrons. The monoisotopic (exact) mass is 318 g/mol. The number of furan rings is 1. The van der Waals surface area contributed by atoms with Crippen LogP contribution in [-0.4, -0.2) is 15.0 Å². The quantitative estimate of drug-likeness (QED) is 0.851. The Hall–Kier alpha value is -2.13. The number of alkyl halides is 2. The maximum absolute atomic E-state index is 12.0. The van der Waals surface area contributed by atoms with Gasteiger partial charge in [0.1, 0.15) is 11.5 Å². The van der Waals surface area contributed by atoms with Gasteiger partial charge in [-0.05, 0) is 36.4 Å². The molecule has 0 fully saturated rings. The minimum Gasteiger partial charge on any atom is -0.446 e. The molecule has 2 rings (SSSR count). The number of anilines is 1. The molecule has 2 aromatic rings. The van der Waals surface area contributed by atoms with Crippen molar-refractivity contribution in [3.05, 3.63) is 42.2 Å². The first-order valence-electron chi connectivity index (χ1n) is 5.75. The van der Waals surface area contributed by atoms with E-state index in [1.807, 2.05) is 0 Å². The molecule has 9 heteroatoms. The third-order valence-corrected chi connectivity index (χ3v) is 3.24. The van der Waals surface area contributed by atoms with E-state index in [0.29, 0.717) is 11.4 Å². The molecule has 114 valence electrons. The highest BCUT2D eigenvalue weighted by atomic mass is 32.2. The number of sulfonamides is 1. The van der Waals surface area contributed by atoms with E-state index in [1.165, 1.54) is 24.3 Å². The van der Waals surface area contributed by atoms with Crippen LogP contribution in [0.5, 0.6) is 5.75 Å². The first-order valence-corrected chi connectivity index (χ1v) is 7.29. The van der Waals surface area contributed by atoms with Crippen LogP contribution >= 0.6 is 0 Å². The summed E-state index contributed by atoms with van der Waals surface area (Å²) in [5.41, 5.74) is 0.630. The molecule has 0 aliphatic rings. The van der Waals surface area contributed by atoms with Gasteiger partial charge in [-0.25, -0.2) is 13.6 Å². The number of nitrogens with two attached hydrogens (primary N) is 1. The Morgan fingerprint density at radius 1 is 1.19 bits per heavy atom. The van der Waals surface area contributed by atoms with Crippen molar-refractivity contribution in [1.29, 1.82) is 0 Å². The minimum absolute atomic E-state index is 0.0464. The first-order chi connectivity index (χ1) is 9.84. The maximum atomic E-state index is 12.0. The van der Waals surface area contributed by atoms with E-state index in [0.717, 1.165) is 0 Å². The molecule has 1 aromatic heterocycles. The highest BCUT2D eigenvalue weighted by molar-refractivity contribution is 7.89. The molecule has 0 aliphatic carbocycles. The number of ether oxygens (including phenoxy) is 1. The van der Waals surface area contributed by atoms with Crippen LogP contribution in [0.25, 0.3) is 0 Å². The highest BCUT2D eigenvalue weighted by Crippen LogP contribution is 2.19. The van der Waals surface area contributed by atoms with Crippen LogP contribution in [0.4, 0.5) is 14.5 Å². The molecule has 0 spiro atoms. The molecule has 0 bridgehead atoms. The van der Waals surface area contributed by atoms with Gasteiger partial charge >= 0.3 is 6.61 Å². The number of halogens is 2. The van der Waals surface area contributed by atoms with Gasteiger partial charge in [0.15, 0.2) is 0 Å². The van der Waals surface area contributed by atoms with Crippen molar-refractivity contribution in [2.75, 3.05) is 5.32 Å². The molecule has 6 nitrogen and oxygen atoms in total. The fraction of sp³-hybridized carbons (Fsp3) is 0.167. The molecule has 1 heterocycles. The second-order valence-corrected chi connectivity index (χ2v) is 5.51. The van der Waals surface area contributed by atoms with Gasteiger partial charge in [0.2, 0.25) is 5.09 Å². The molecule has 0 atom stereocenters. The number of nitrogens with one attached hydrogen (secondary N) is 1. The van der Waals surface area contributed by atoms with E-state index < -0.39 is 16.6 Å². The molecular formula is C12H12F2N2O4S. The van der Waals surface area contributed by atoms with E-state index in [-0.39, 0.29) is 17.4 Å². The molecule has 1 aromatic carbocycles. The number of hydrogen-bond acceptors (Lipinski definition) is 5. The molecule has 3 N–H and O–H groups in total. The maximum Gasteiger partial charge on any atom is 0.387 e. The number of primary sulfonamides is 1. The predicted octanol–water partition coefficient (Wildman–Crippen LogP) is 2.14. The van der Waals surface area contributed by atoms with Crippen LogP contribution in [0.3, 0.4) is 0 Å². The predicted molar refractivity (Wildman–Crippen MR) is 70.5 cm³/mol. The van der Waals surface area contributed by atoms with E-state index in [2.05, 4.69) is 10.1 Å². The zero-order valence-electron chi connectivity index (χ0n) is 10.6. The Bertz CT molecular complexity index is 698. The van der Waals surface area contributed by atoms with Gasteiger partial charge in [-0.15, -0.1) is 0 Å². The summed E-state index contributed by atoms with van der Waals surface area (Å²) >= 11 is 0. The number of rotatable bonds is 6. The fourth-order valence-electron chi connectivity index (χ4n) is 1.55. The molecule has 0 aliphatic heterocycles. The SMILES string of the molecule is NS(=O)(=O)c1ccc(CNc2ccc(OC(F)F)cc2)o1. The second-order valence-electron chi connectivity index (χ2n) is 4.02. The van der Waals surface area contributed by atoms with E-state index in [9.17, 15) is 17.2 Å². The summed E-state index contributed by atoms with van der Waals surface area (Å²) in [7, 11) is -3.86. The standard InChI is InChI=1S/C12H12F2N2O4S/c13-12(14)20-9-3-1-8(2-4-9)16-7-10-5-6-11(19-10)21(15,17)18/h1-6,12,16H,7H2,(H2,15,17,18). The Morgan fingerprint density at radius 2 is 1.86 bits per heavy atom. The zero-order valence-corrected chi connectivity index (χ0v) is 11.4. The average Bonchev–Trinajstić information content (AvgIpc) is 2.86. The van der Waals surface area contributed by atoms with Crippen LogP contribution in [0, 0.1) is 0 Å². The van der Waals surface area contributed by atoms with Crippen LogP contribution < -0.4 is 15.2 Å². The Morgan fingerprint density at radius 3 is 2.38 bits per heavy atom. The summed E-state index contributed by atoms with van der Waals surface area (Å²) in [6, 6.07) is 8.58. The fourth-order valence-corrected chi connectivity index (χ4v) is 2.03. The summed E-state index contributed by atoms with van der Waals surface area (Å²) in [5, 5.41) is 7.53. The van der Waals surface area contributed by atoms with Gasteiger partial charge in [-0.2, -0.15) is 8.78 Å². The van der Waals surface area contributed by atoms with Crippen molar-refractivity contribution in [3.63, 3.8) is 0 Å². The van der Waals surface area contributed by atoms with Crippen molar-refractivity contribution in [2.45, 2.75) is 18.2 Å². The third-order valence-electron chi connectivity index (χ3n) is 2.46. The lowest BCUT2D eigenvalue weighted by atomic mass is 10.3.